The molecule has 0 unspecified atom stereocenters. The van der Waals surface area contributed by atoms with Gasteiger partial charge >= 0.3 is 0 Å². The molecule has 4 nitrogen and oxygen atoms in total. The molecule has 94 valence electrons. The van der Waals surface area contributed by atoms with Gasteiger partial charge in [-0.05, 0) is 30.7 Å². The van der Waals surface area contributed by atoms with Gasteiger partial charge in [-0.2, -0.15) is 0 Å². The Labute approximate surface area is 102 Å². The molecule has 0 saturated heterocycles. The number of hydrogen-bond donors (Lipinski definition) is 2. The van der Waals surface area contributed by atoms with Crippen molar-refractivity contribution in [1.82, 2.24) is 0 Å². The fourth-order valence-electron chi connectivity index (χ4n) is 1.53. The number of nitrogens with zero attached hydrogens (tertiary/aromatic N) is 1. The fourth-order valence-corrected chi connectivity index (χ4v) is 1.53. The molecule has 0 spiro atoms. The van der Waals surface area contributed by atoms with Crippen LogP contribution >= 0.6 is 0 Å². The van der Waals surface area contributed by atoms with Crippen LogP contribution in [0.25, 0.3) is 0 Å². The molecule has 0 aliphatic heterocycles. The molecule has 1 amide bonds. The Morgan fingerprint density at radius 1 is 1.35 bits per heavy atom. The zero-order valence-electron chi connectivity index (χ0n) is 10.4. The van der Waals surface area contributed by atoms with Crippen molar-refractivity contribution >= 4 is 17.3 Å². The second-order valence-corrected chi connectivity index (χ2v) is 3.99. The largest absolute Gasteiger partial charge is 0.395 e. The van der Waals surface area contributed by atoms with Gasteiger partial charge in [0.1, 0.15) is 0 Å². The second-order valence-electron chi connectivity index (χ2n) is 3.99. The number of aliphatic hydroxyl groups excluding tert-OH is 1. The van der Waals surface area contributed by atoms with E-state index < -0.39 is 0 Å². The van der Waals surface area contributed by atoms with Crippen LogP contribution in [0.1, 0.15) is 19.8 Å². The standard InChI is InChI=1S/C13H20N2O2/c1-3-4-13(17)14-11-5-7-12(8-6-11)15(2)9-10-16/h5-8,16H,3-4,9-10H2,1-2H3,(H,14,17). The third kappa shape index (κ3) is 4.44. The van der Waals surface area contributed by atoms with Gasteiger partial charge in [0, 0.05) is 31.4 Å². The number of nitrogens with one attached hydrogen (secondary N) is 1. The van der Waals surface area contributed by atoms with Crippen molar-refractivity contribution < 1.29 is 9.90 Å². The summed E-state index contributed by atoms with van der Waals surface area (Å²) < 4.78 is 0. The molecule has 0 saturated carbocycles. The maximum Gasteiger partial charge on any atom is 0.224 e. The molecule has 0 aliphatic rings. The molecular formula is C13H20N2O2. The van der Waals surface area contributed by atoms with E-state index >= 15 is 0 Å². The van der Waals surface area contributed by atoms with Crippen LogP contribution in [0.4, 0.5) is 11.4 Å². The zero-order valence-corrected chi connectivity index (χ0v) is 10.4. The quantitative estimate of drug-likeness (QED) is 0.792. The highest BCUT2D eigenvalue weighted by Gasteiger charge is 2.02. The predicted molar refractivity (Wildman–Crippen MR) is 70.3 cm³/mol. The summed E-state index contributed by atoms with van der Waals surface area (Å²) in [5.41, 5.74) is 1.83. The van der Waals surface area contributed by atoms with Crippen LogP contribution in [0.3, 0.4) is 0 Å². The van der Waals surface area contributed by atoms with E-state index in [4.69, 9.17) is 5.11 Å². The second kappa shape index (κ2) is 6.91. The van der Waals surface area contributed by atoms with Crippen molar-refractivity contribution in [2.24, 2.45) is 0 Å². The number of anilines is 2. The Hall–Kier alpha value is -1.55. The van der Waals surface area contributed by atoms with Gasteiger partial charge < -0.3 is 15.3 Å². The summed E-state index contributed by atoms with van der Waals surface area (Å²) in [7, 11) is 1.92. The van der Waals surface area contributed by atoms with Gasteiger partial charge in [-0.25, -0.2) is 0 Å². The maximum absolute atomic E-state index is 11.4. The molecule has 0 heterocycles. The van der Waals surface area contributed by atoms with Crippen LogP contribution in [-0.4, -0.2) is 31.2 Å². The lowest BCUT2D eigenvalue weighted by Crippen LogP contribution is -2.21. The number of amides is 1. The van der Waals surface area contributed by atoms with Crippen LogP contribution in [0.2, 0.25) is 0 Å². The van der Waals surface area contributed by atoms with Crippen LogP contribution < -0.4 is 10.2 Å². The number of hydrogen-bond acceptors (Lipinski definition) is 3. The first-order valence-electron chi connectivity index (χ1n) is 5.89. The first kappa shape index (κ1) is 13.5. The Kier molecular flexibility index (Phi) is 5.49. The highest BCUT2D eigenvalue weighted by molar-refractivity contribution is 5.90. The number of benzene rings is 1. The van der Waals surface area contributed by atoms with Gasteiger partial charge in [0.2, 0.25) is 5.91 Å². The van der Waals surface area contributed by atoms with Gasteiger partial charge in [0.05, 0.1) is 6.61 Å². The predicted octanol–water partition coefficient (Wildman–Crippen LogP) is 1.85. The van der Waals surface area contributed by atoms with Crippen LogP contribution in [0.5, 0.6) is 0 Å². The molecule has 4 heteroatoms. The lowest BCUT2D eigenvalue weighted by molar-refractivity contribution is -0.116. The topological polar surface area (TPSA) is 52.6 Å². The van der Waals surface area contributed by atoms with Gasteiger partial charge in [-0.15, -0.1) is 0 Å². The number of carbonyl (C=O) groups is 1. The first-order chi connectivity index (χ1) is 8.17. The van der Waals surface area contributed by atoms with Gasteiger partial charge in [0.25, 0.3) is 0 Å². The van der Waals surface area contributed by atoms with E-state index in [1.165, 1.54) is 0 Å². The van der Waals surface area contributed by atoms with Crippen molar-refractivity contribution in [3.8, 4) is 0 Å². The summed E-state index contributed by atoms with van der Waals surface area (Å²) >= 11 is 0. The van der Waals surface area contributed by atoms with E-state index in [-0.39, 0.29) is 12.5 Å². The number of carbonyl (C=O) groups excluding carboxylic acids is 1. The van der Waals surface area contributed by atoms with Gasteiger partial charge in [-0.3, -0.25) is 4.79 Å². The highest BCUT2D eigenvalue weighted by Crippen LogP contribution is 2.16. The van der Waals surface area contributed by atoms with Crippen molar-refractivity contribution in [3.63, 3.8) is 0 Å². The van der Waals surface area contributed by atoms with E-state index in [0.717, 1.165) is 17.8 Å². The molecule has 0 atom stereocenters. The molecule has 1 rings (SSSR count). The van der Waals surface area contributed by atoms with E-state index in [0.29, 0.717) is 13.0 Å². The molecular weight excluding hydrogens is 216 g/mol. The zero-order chi connectivity index (χ0) is 12.7. The normalized spacial score (nSPS) is 10.1. The Bertz CT molecular complexity index is 349. The minimum atomic E-state index is 0.0453. The smallest absolute Gasteiger partial charge is 0.224 e. The van der Waals surface area contributed by atoms with Crippen molar-refractivity contribution in [1.29, 1.82) is 0 Å². The number of rotatable bonds is 6. The summed E-state index contributed by atoms with van der Waals surface area (Å²) in [6.07, 6.45) is 1.40. The van der Waals surface area contributed by atoms with E-state index in [1.54, 1.807) is 0 Å². The summed E-state index contributed by atoms with van der Waals surface area (Å²) in [6, 6.07) is 7.60. The molecule has 1 aromatic carbocycles. The monoisotopic (exact) mass is 236 g/mol. The molecule has 1 aromatic rings. The third-order valence-electron chi connectivity index (χ3n) is 2.50. The Balaban J connectivity index is 2.58. The Morgan fingerprint density at radius 3 is 2.53 bits per heavy atom. The minimum Gasteiger partial charge on any atom is -0.395 e. The van der Waals surface area contributed by atoms with Crippen LogP contribution in [0.15, 0.2) is 24.3 Å². The fraction of sp³-hybridized carbons (Fsp3) is 0.462. The molecule has 0 aliphatic carbocycles. The third-order valence-corrected chi connectivity index (χ3v) is 2.50. The summed E-state index contributed by atoms with van der Waals surface area (Å²) in [4.78, 5) is 13.3. The van der Waals surface area contributed by atoms with E-state index in [2.05, 4.69) is 5.32 Å². The molecule has 0 aromatic heterocycles. The maximum atomic E-state index is 11.4. The van der Waals surface area contributed by atoms with Crippen LogP contribution in [-0.2, 0) is 4.79 Å². The summed E-state index contributed by atoms with van der Waals surface area (Å²) in [6.45, 7) is 2.71. The van der Waals surface area contributed by atoms with Crippen molar-refractivity contribution in [2.45, 2.75) is 19.8 Å². The lowest BCUT2D eigenvalue weighted by Gasteiger charge is -2.18. The molecule has 0 bridgehead atoms. The molecule has 0 fully saturated rings. The summed E-state index contributed by atoms with van der Waals surface area (Å²) in [5, 5.41) is 11.7. The molecule has 0 radical (unpaired) electrons. The highest BCUT2D eigenvalue weighted by atomic mass is 16.3. The van der Waals surface area contributed by atoms with Gasteiger partial charge in [-0.1, -0.05) is 6.92 Å². The SMILES string of the molecule is CCCC(=O)Nc1ccc(N(C)CCO)cc1. The van der Waals surface area contributed by atoms with E-state index in [9.17, 15) is 4.79 Å². The number of likely N-dealkylation sites (N-methyl/N-ethyl adjacent to an activating group) is 1. The molecule has 17 heavy (non-hydrogen) atoms. The lowest BCUT2D eigenvalue weighted by atomic mass is 10.2. The Morgan fingerprint density at radius 2 is 2.00 bits per heavy atom. The average molecular weight is 236 g/mol. The first-order valence-corrected chi connectivity index (χ1v) is 5.89. The van der Waals surface area contributed by atoms with E-state index in [1.807, 2.05) is 43.1 Å². The number of aliphatic hydroxyl groups is 1. The summed E-state index contributed by atoms with van der Waals surface area (Å²) in [5.74, 6) is 0.0453. The van der Waals surface area contributed by atoms with Gasteiger partial charge in [0.15, 0.2) is 0 Å². The minimum absolute atomic E-state index is 0.0453. The average Bonchev–Trinajstić information content (AvgIpc) is 2.30. The van der Waals surface area contributed by atoms with Crippen molar-refractivity contribution in [3.05, 3.63) is 24.3 Å². The molecule has 2 N–H and O–H groups in total. The van der Waals surface area contributed by atoms with Crippen LogP contribution in [0, 0.1) is 0 Å². The van der Waals surface area contributed by atoms with Crippen molar-refractivity contribution in [2.75, 3.05) is 30.4 Å².